The number of benzene rings is 1. The third-order valence-electron chi connectivity index (χ3n) is 3.48. The van der Waals surface area contributed by atoms with Crippen molar-refractivity contribution < 1.29 is 13.2 Å². The molecule has 1 unspecified atom stereocenters. The van der Waals surface area contributed by atoms with Crippen LogP contribution in [-0.4, -0.2) is 52.9 Å². The van der Waals surface area contributed by atoms with Crippen LogP contribution in [0.15, 0.2) is 30.3 Å². The van der Waals surface area contributed by atoms with Crippen molar-refractivity contribution in [3.8, 4) is 0 Å². The Bertz CT molecular complexity index is 518. The summed E-state index contributed by atoms with van der Waals surface area (Å²) in [4.78, 5) is 2.18. The molecule has 5 nitrogen and oxygen atoms in total. The van der Waals surface area contributed by atoms with E-state index in [1.54, 1.807) is 0 Å². The predicted molar refractivity (Wildman–Crippen MR) is 79.0 cm³/mol. The van der Waals surface area contributed by atoms with Gasteiger partial charge in [-0.3, -0.25) is 0 Å². The Hall–Kier alpha value is -0.950. The summed E-state index contributed by atoms with van der Waals surface area (Å²) in [5.41, 5.74) is 1.10. The second kappa shape index (κ2) is 6.67. The van der Waals surface area contributed by atoms with Crippen molar-refractivity contribution in [3.63, 3.8) is 0 Å². The van der Waals surface area contributed by atoms with Gasteiger partial charge in [0.25, 0.3) is 0 Å². The molecule has 20 heavy (non-hydrogen) atoms. The van der Waals surface area contributed by atoms with Gasteiger partial charge in [0.15, 0.2) is 0 Å². The number of hydrogen-bond donors (Lipinski definition) is 1. The van der Waals surface area contributed by atoms with E-state index in [4.69, 9.17) is 4.74 Å². The van der Waals surface area contributed by atoms with Crippen molar-refractivity contribution in [2.75, 3.05) is 39.5 Å². The maximum atomic E-state index is 11.3. The Morgan fingerprint density at radius 1 is 1.35 bits per heavy atom. The first-order valence-electron chi connectivity index (χ1n) is 6.75. The molecular formula is C14H22N2O3S. The molecule has 0 radical (unpaired) electrons. The van der Waals surface area contributed by atoms with Gasteiger partial charge in [0.2, 0.25) is 10.0 Å². The molecule has 1 fully saturated rings. The van der Waals surface area contributed by atoms with E-state index in [1.165, 1.54) is 6.26 Å². The highest BCUT2D eigenvalue weighted by molar-refractivity contribution is 7.88. The highest BCUT2D eigenvalue weighted by Crippen LogP contribution is 2.28. The summed E-state index contributed by atoms with van der Waals surface area (Å²) in [6.45, 7) is 2.72. The SMILES string of the molecule is CN1CCOC(c2ccccc2)[C@@H](CNS(C)(=O)=O)C1. The maximum Gasteiger partial charge on any atom is 0.208 e. The van der Waals surface area contributed by atoms with Crippen molar-refractivity contribution in [2.24, 2.45) is 5.92 Å². The van der Waals surface area contributed by atoms with E-state index < -0.39 is 10.0 Å². The smallest absolute Gasteiger partial charge is 0.208 e. The van der Waals surface area contributed by atoms with Crippen molar-refractivity contribution in [1.29, 1.82) is 0 Å². The quantitative estimate of drug-likeness (QED) is 0.895. The van der Waals surface area contributed by atoms with Gasteiger partial charge >= 0.3 is 0 Å². The summed E-state index contributed by atoms with van der Waals surface area (Å²) >= 11 is 0. The van der Waals surface area contributed by atoms with E-state index in [2.05, 4.69) is 9.62 Å². The molecular weight excluding hydrogens is 276 g/mol. The highest BCUT2D eigenvalue weighted by Gasteiger charge is 2.28. The molecule has 1 aromatic carbocycles. The fourth-order valence-electron chi connectivity index (χ4n) is 2.50. The number of likely N-dealkylation sites (N-methyl/N-ethyl adjacent to an activating group) is 1. The van der Waals surface area contributed by atoms with Gasteiger partial charge in [-0.2, -0.15) is 0 Å². The lowest BCUT2D eigenvalue weighted by atomic mass is 9.95. The van der Waals surface area contributed by atoms with Gasteiger partial charge in [-0.25, -0.2) is 13.1 Å². The molecule has 2 atom stereocenters. The van der Waals surface area contributed by atoms with Crippen LogP contribution < -0.4 is 4.72 Å². The highest BCUT2D eigenvalue weighted by atomic mass is 32.2. The molecule has 0 bridgehead atoms. The Morgan fingerprint density at radius 2 is 2.05 bits per heavy atom. The zero-order chi connectivity index (χ0) is 14.6. The first kappa shape index (κ1) is 15.4. The zero-order valence-electron chi connectivity index (χ0n) is 12.0. The Balaban J connectivity index is 2.16. The second-order valence-electron chi connectivity index (χ2n) is 5.35. The Labute approximate surface area is 121 Å². The average molecular weight is 298 g/mol. The molecule has 0 aromatic heterocycles. The summed E-state index contributed by atoms with van der Waals surface area (Å²) in [5.74, 6) is 0.0969. The lowest BCUT2D eigenvalue weighted by molar-refractivity contribution is 0.0322. The molecule has 1 aromatic rings. The van der Waals surface area contributed by atoms with Gasteiger partial charge in [-0.05, 0) is 12.6 Å². The zero-order valence-corrected chi connectivity index (χ0v) is 12.8. The number of nitrogens with one attached hydrogen (secondary N) is 1. The van der Waals surface area contributed by atoms with Crippen LogP contribution in [-0.2, 0) is 14.8 Å². The van der Waals surface area contributed by atoms with Crippen LogP contribution in [0.5, 0.6) is 0 Å². The maximum absolute atomic E-state index is 11.3. The number of hydrogen-bond acceptors (Lipinski definition) is 4. The molecule has 1 aliphatic heterocycles. The van der Waals surface area contributed by atoms with E-state index in [0.717, 1.165) is 18.7 Å². The van der Waals surface area contributed by atoms with Crippen LogP contribution >= 0.6 is 0 Å². The standard InChI is InChI=1S/C14H22N2O3S/c1-16-8-9-19-14(12-6-4-3-5-7-12)13(11-16)10-15-20(2,17)18/h3-7,13-15H,8-11H2,1-2H3/t13-,14?/m0/s1. The second-order valence-corrected chi connectivity index (χ2v) is 7.18. The van der Waals surface area contributed by atoms with Crippen molar-refractivity contribution >= 4 is 10.0 Å². The predicted octanol–water partition coefficient (Wildman–Crippen LogP) is 0.855. The molecule has 0 saturated carbocycles. The third-order valence-corrected chi connectivity index (χ3v) is 4.17. The van der Waals surface area contributed by atoms with E-state index in [-0.39, 0.29) is 12.0 Å². The van der Waals surface area contributed by atoms with Crippen LogP contribution in [0.1, 0.15) is 11.7 Å². The molecule has 0 aliphatic carbocycles. The van der Waals surface area contributed by atoms with Gasteiger partial charge < -0.3 is 9.64 Å². The lowest BCUT2D eigenvalue weighted by Gasteiger charge is -2.26. The van der Waals surface area contributed by atoms with E-state index >= 15 is 0 Å². The molecule has 2 rings (SSSR count). The largest absolute Gasteiger partial charge is 0.372 e. The van der Waals surface area contributed by atoms with Gasteiger partial charge in [0.05, 0.1) is 19.0 Å². The summed E-state index contributed by atoms with van der Waals surface area (Å²) in [6.07, 6.45) is 1.11. The molecule has 112 valence electrons. The summed E-state index contributed by atoms with van der Waals surface area (Å²) in [7, 11) is -1.15. The van der Waals surface area contributed by atoms with Crippen molar-refractivity contribution in [2.45, 2.75) is 6.10 Å². The number of sulfonamides is 1. The molecule has 0 spiro atoms. The van der Waals surface area contributed by atoms with Crippen LogP contribution in [0.2, 0.25) is 0 Å². The topological polar surface area (TPSA) is 58.6 Å². The van der Waals surface area contributed by atoms with Gasteiger partial charge in [-0.15, -0.1) is 0 Å². The van der Waals surface area contributed by atoms with Gasteiger partial charge in [0, 0.05) is 25.6 Å². The Morgan fingerprint density at radius 3 is 2.70 bits per heavy atom. The number of nitrogens with zero attached hydrogens (tertiary/aromatic N) is 1. The molecule has 6 heteroatoms. The minimum atomic E-state index is -3.18. The molecule has 1 N–H and O–H groups in total. The minimum Gasteiger partial charge on any atom is -0.372 e. The number of rotatable bonds is 4. The first-order valence-corrected chi connectivity index (χ1v) is 8.64. The van der Waals surface area contributed by atoms with Crippen molar-refractivity contribution in [3.05, 3.63) is 35.9 Å². The van der Waals surface area contributed by atoms with E-state index in [0.29, 0.717) is 13.2 Å². The fourth-order valence-corrected chi connectivity index (χ4v) is 3.02. The van der Waals surface area contributed by atoms with Crippen LogP contribution in [0.4, 0.5) is 0 Å². The molecule has 1 heterocycles. The average Bonchev–Trinajstić information content (AvgIpc) is 2.58. The molecule has 1 aliphatic rings. The van der Waals surface area contributed by atoms with E-state index in [9.17, 15) is 8.42 Å². The normalized spacial score (nSPS) is 25.3. The van der Waals surface area contributed by atoms with Gasteiger partial charge in [-0.1, -0.05) is 30.3 Å². The monoisotopic (exact) mass is 298 g/mol. The number of ether oxygens (including phenoxy) is 1. The summed E-state index contributed by atoms with van der Waals surface area (Å²) < 4.78 is 31.2. The fraction of sp³-hybridized carbons (Fsp3) is 0.571. The summed E-state index contributed by atoms with van der Waals surface area (Å²) in [5, 5.41) is 0. The summed E-state index contributed by atoms with van der Waals surface area (Å²) in [6, 6.07) is 9.99. The van der Waals surface area contributed by atoms with Crippen LogP contribution in [0, 0.1) is 5.92 Å². The van der Waals surface area contributed by atoms with Crippen molar-refractivity contribution in [1.82, 2.24) is 9.62 Å². The minimum absolute atomic E-state index is 0.0737. The molecule has 0 amide bonds. The Kier molecular flexibility index (Phi) is 5.15. The van der Waals surface area contributed by atoms with E-state index in [1.807, 2.05) is 37.4 Å². The van der Waals surface area contributed by atoms with Gasteiger partial charge in [0.1, 0.15) is 0 Å². The molecule has 1 saturated heterocycles. The third kappa shape index (κ3) is 4.56. The van der Waals surface area contributed by atoms with Crippen LogP contribution in [0.25, 0.3) is 0 Å². The lowest BCUT2D eigenvalue weighted by Crippen LogP contribution is -2.36. The van der Waals surface area contributed by atoms with Crippen LogP contribution in [0.3, 0.4) is 0 Å². The first-order chi connectivity index (χ1) is 9.46.